The molecule has 0 saturated heterocycles. The molecule has 0 aromatic rings. The Kier molecular flexibility index (Phi) is 36.8. The summed E-state index contributed by atoms with van der Waals surface area (Å²) in [5, 5.41) is 10.3. The van der Waals surface area contributed by atoms with E-state index < -0.39 is 38.6 Å². The van der Waals surface area contributed by atoms with Gasteiger partial charge in [-0.1, -0.05) is 165 Å². The summed E-state index contributed by atoms with van der Waals surface area (Å²) in [6.07, 6.45) is 40.4. The lowest BCUT2D eigenvalue weighted by atomic mass is 10.0. The van der Waals surface area contributed by atoms with E-state index in [2.05, 4.69) is 38.2 Å². The number of carbonyl (C=O) groups excluding carboxylic acids is 2. The highest BCUT2D eigenvalue weighted by Gasteiger charge is 2.27. The van der Waals surface area contributed by atoms with E-state index in [1.165, 1.54) is 89.9 Å². The van der Waals surface area contributed by atoms with E-state index in [1.54, 1.807) is 12.2 Å². The Hall–Kier alpha value is -2.07. The number of likely N-dealkylation sites (N-methyl/N-ethyl adjacent to an activating group) is 1. The maximum absolute atomic E-state index is 12.7. The van der Waals surface area contributed by atoms with Gasteiger partial charge in [0.05, 0.1) is 33.9 Å². The van der Waals surface area contributed by atoms with Crippen LogP contribution < -0.4 is 0 Å². The molecule has 0 heterocycles. The fraction of sp³-hybridized carbons (Fsp3) is 0.783. The summed E-state index contributed by atoms with van der Waals surface area (Å²) in [5.74, 6) is -0.998. The van der Waals surface area contributed by atoms with Gasteiger partial charge in [0.2, 0.25) is 0 Å². The van der Waals surface area contributed by atoms with E-state index >= 15 is 0 Å². The van der Waals surface area contributed by atoms with Crippen LogP contribution >= 0.6 is 7.82 Å². The number of allylic oxidation sites excluding steroid dienone is 7. The Morgan fingerprint density at radius 2 is 1.16 bits per heavy atom. The SMILES string of the molecule is CCCCC/C=C\C/C=C\C/C=C\C=C\[C@@H](O)CCCC(=O)OC[C@H](COP(=O)(O)OCC[N+](C)(C)C)OC(=O)CCCCCCCCCCCCCCCCC. The Bertz CT molecular complexity index is 1130. The number of esters is 2. The van der Waals surface area contributed by atoms with E-state index in [1.807, 2.05) is 33.3 Å². The molecule has 0 saturated carbocycles. The molecule has 0 bridgehead atoms. The third-order valence-corrected chi connectivity index (χ3v) is 10.5. The fourth-order valence-electron chi connectivity index (χ4n) is 5.88. The van der Waals surface area contributed by atoms with Gasteiger partial charge in [-0.3, -0.25) is 18.6 Å². The van der Waals surface area contributed by atoms with Crippen molar-refractivity contribution in [2.75, 3.05) is 47.5 Å². The number of phosphoric acid groups is 1. The molecule has 0 aromatic heterocycles. The van der Waals surface area contributed by atoms with Gasteiger partial charge in [-0.15, -0.1) is 0 Å². The monoisotopic (exact) mass is 827 g/mol. The van der Waals surface area contributed by atoms with Gasteiger partial charge in [0.25, 0.3) is 0 Å². The molecule has 0 aliphatic heterocycles. The summed E-state index contributed by atoms with van der Waals surface area (Å²) >= 11 is 0. The normalized spacial score (nSPS) is 14.6. The third kappa shape index (κ3) is 41.9. The van der Waals surface area contributed by atoms with E-state index in [9.17, 15) is 24.2 Å². The van der Waals surface area contributed by atoms with Crippen molar-refractivity contribution in [3.8, 4) is 0 Å². The Morgan fingerprint density at radius 3 is 1.75 bits per heavy atom. The number of hydrogen-bond acceptors (Lipinski definition) is 8. The second-order valence-corrected chi connectivity index (χ2v) is 17.7. The van der Waals surface area contributed by atoms with Gasteiger partial charge >= 0.3 is 19.8 Å². The first kappa shape index (κ1) is 54.9. The highest BCUT2D eigenvalue weighted by molar-refractivity contribution is 7.47. The molecule has 0 aliphatic rings. The number of nitrogens with zero attached hydrogens (tertiary/aromatic N) is 1. The number of phosphoric ester groups is 1. The van der Waals surface area contributed by atoms with E-state index in [0.717, 1.165) is 38.5 Å². The summed E-state index contributed by atoms with van der Waals surface area (Å²) < 4.78 is 34.1. The molecule has 11 heteroatoms. The highest BCUT2D eigenvalue weighted by atomic mass is 31.2. The number of aliphatic hydroxyl groups excluding tert-OH is 1. The minimum Gasteiger partial charge on any atom is -0.462 e. The molecule has 2 N–H and O–H groups in total. The number of carbonyl (C=O) groups is 2. The van der Waals surface area contributed by atoms with E-state index in [4.69, 9.17) is 18.5 Å². The first-order valence-electron chi connectivity index (χ1n) is 22.5. The second-order valence-electron chi connectivity index (χ2n) is 16.3. The van der Waals surface area contributed by atoms with Gasteiger partial charge in [0.1, 0.15) is 19.8 Å². The topological polar surface area (TPSA) is 129 Å². The predicted molar refractivity (Wildman–Crippen MR) is 235 cm³/mol. The van der Waals surface area contributed by atoms with Crippen LogP contribution in [0.4, 0.5) is 0 Å². The minimum absolute atomic E-state index is 0.00193. The van der Waals surface area contributed by atoms with Gasteiger partial charge in [-0.25, -0.2) is 4.57 Å². The Morgan fingerprint density at radius 1 is 0.632 bits per heavy atom. The largest absolute Gasteiger partial charge is 0.472 e. The smallest absolute Gasteiger partial charge is 0.462 e. The molecule has 57 heavy (non-hydrogen) atoms. The fourth-order valence-corrected chi connectivity index (χ4v) is 6.62. The molecule has 10 nitrogen and oxygen atoms in total. The number of hydrogen-bond donors (Lipinski definition) is 2. The summed E-state index contributed by atoms with van der Waals surface area (Å²) in [5.41, 5.74) is 0. The van der Waals surface area contributed by atoms with Crippen molar-refractivity contribution in [2.45, 2.75) is 187 Å². The Labute approximate surface area is 348 Å². The maximum atomic E-state index is 12.7. The molecule has 0 aromatic carbocycles. The molecular weight excluding hydrogens is 741 g/mol. The van der Waals surface area contributed by atoms with E-state index in [0.29, 0.717) is 30.3 Å². The van der Waals surface area contributed by atoms with Crippen molar-refractivity contribution in [3.05, 3.63) is 48.6 Å². The van der Waals surface area contributed by atoms with Crippen LogP contribution in [0.15, 0.2) is 48.6 Å². The maximum Gasteiger partial charge on any atom is 0.472 e. The zero-order valence-corrected chi connectivity index (χ0v) is 37.8. The number of rotatable bonds is 40. The predicted octanol–water partition coefficient (Wildman–Crippen LogP) is 11.7. The molecular formula is C46H85NO9P+. The molecule has 0 aliphatic carbocycles. The molecule has 0 fully saturated rings. The summed E-state index contributed by atoms with van der Waals surface area (Å²) in [6, 6.07) is 0. The number of aliphatic hydroxyl groups is 1. The molecule has 0 amide bonds. The van der Waals surface area contributed by atoms with Crippen molar-refractivity contribution in [2.24, 2.45) is 0 Å². The molecule has 0 rings (SSSR count). The zero-order valence-electron chi connectivity index (χ0n) is 36.9. The highest BCUT2D eigenvalue weighted by Crippen LogP contribution is 2.43. The second kappa shape index (κ2) is 38.2. The van der Waals surface area contributed by atoms with Crippen molar-refractivity contribution in [1.82, 2.24) is 0 Å². The van der Waals surface area contributed by atoms with Crippen molar-refractivity contribution >= 4 is 19.8 Å². The lowest BCUT2D eigenvalue weighted by Gasteiger charge is -2.24. The lowest BCUT2D eigenvalue weighted by Crippen LogP contribution is -2.37. The molecule has 1 unspecified atom stereocenters. The van der Waals surface area contributed by atoms with Crippen molar-refractivity contribution in [3.63, 3.8) is 0 Å². The lowest BCUT2D eigenvalue weighted by molar-refractivity contribution is -0.870. The van der Waals surface area contributed by atoms with Crippen LogP contribution in [-0.2, 0) is 32.7 Å². The van der Waals surface area contributed by atoms with Crippen LogP contribution in [-0.4, -0.2) is 86.1 Å². The van der Waals surface area contributed by atoms with Gasteiger partial charge in [-0.2, -0.15) is 0 Å². The van der Waals surface area contributed by atoms with Gasteiger partial charge in [0, 0.05) is 12.8 Å². The molecule has 0 spiro atoms. The first-order chi connectivity index (χ1) is 27.4. The number of unbranched alkanes of at least 4 members (excludes halogenated alkanes) is 17. The molecule has 3 atom stereocenters. The minimum atomic E-state index is -4.42. The molecule has 332 valence electrons. The van der Waals surface area contributed by atoms with E-state index in [-0.39, 0.29) is 26.1 Å². The van der Waals surface area contributed by atoms with Crippen LogP contribution in [0.2, 0.25) is 0 Å². The quantitative estimate of drug-likeness (QED) is 0.0155. The zero-order chi connectivity index (χ0) is 42.3. The van der Waals surface area contributed by atoms with Crippen LogP contribution in [0, 0.1) is 0 Å². The third-order valence-electron chi connectivity index (χ3n) is 9.47. The average molecular weight is 827 g/mol. The van der Waals surface area contributed by atoms with Crippen LogP contribution in [0.5, 0.6) is 0 Å². The number of quaternary nitrogens is 1. The van der Waals surface area contributed by atoms with Gasteiger partial charge in [0.15, 0.2) is 6.10 Å². The van der Waals surface area contributed by atoms with Crippen molar-refractivity contribution < 1.29 is 47.2 Å². The summed E-state index contributed by atoms with van der Waals surface area (Å²) in [7, 11) is 1.38. The van der Waals surface area contributed by atoms with Crippen LogP contribution in [0.3, 0.4) is 0 Å². The first-order valence-corrected chi connectivity index (χ1v) is 24.0. The standard InChI is InChI=1S/C46H84NO9P/c1-6-8-10-12-14-16-18-20-21-23-25-27-29-31-33-37-46(50)56-44(42-55-57(51,52)54-40-39-47(3,4)5)41-53-45(49)38-34-36-43(48)35-32-30-28-26-24-22-19-17-15-13-11-9-7-2/h15,17,22,24,28,30,32,35,43-44,48H,6-14,16,18-21,23,25-27,29,31,33-34,36-42H2,1-5H3/p+1/b17-15-,24-22-,30-28-,35-32+/t43-,44-/m1/s1. The van der Waals surface area contributed by atoms with Crippen LogP contribution in [0.1, 0.15) is 174 Å². The van der Waals surface area contributed by atoms with Gasteiger partial charge in [-0.05, 0) is 44.9 Å². The van der Waals surface area contributed by atoms with Crippen LogP contribution in [0.25, 0.3) is 0 Å². The average Bonchev–Trinajstić information content (AvgIpc) is 3.15. The van der Waals surface area contributed by atoms with Crippen molar-refractivity contribution in [1.29, 1.82) is 0 Å². The molecule has 0 radical (unpaired) electrons. The Balaban J connectivity index is 4.53. The number of ether oxygens (including phenoxy) is 2. The summed E-state index contributed by atoms with van der Waals surface area (Å²) in [6.45, 7) is 4.17. The van der Waals surface area contributed by atoms with Gasteiger partial charge < -0.3 is 24.0 Å². The summed E-state index contributed by atoms with van der Waals surface area (Å²) in [4.78, 5) is 35.4.